The third-order valence-electron chi connectivity index (χ3n) is 5.93. The van der Waals surface area contributed by atoms with Gasteiger partial charge < -0.3 is 0 Å². The van der Waals surface area contributed by atoms with Crippen LogP contribution in [0.25, 0.3) is 0 Å². The van der Waals surface area contributed by atoms with Crippen molar-refractivity contribution in [2.75, 3.05) is 6.67 Å². The Morgan fingerprint density at radius 1 is 0.875 bits per heavy atom. The van der Waals surface area contributed by atoms with Crippen molar-refractivity contribution < 1.29 is 13.2 Å². The van der Waals surface area contributed by atoms with E-state index < -0.39 is 18.3 Å². The molecule has 1 aromatic rings. The quantitative estimate of drug-likeness (QED) is 0.551. The van der Waals surface area contributed by atoms with Crippen LogP contribution >= 0.6 is 0 Å². The Labute approximate surface area is 143 Å². The summed E-state index contributed by atoms with van der Waals surface area (Å²) in [7, 11) is 0. The topological polar surface area (TPSA) is 0 Å². The number of hydrogen-bond acceptors (Lipinski definition) is 0. The van der Waals surface area contributed by atoms with Crippen molar-refractivity contribution in [1.82, 2.24) is 0 Å². The molecule has 2 aliphatic carbocycles. The lowest BCUT2D eigenvalue weighted by atomic mass is 9.76. The number of aryl methyl sites for hydroxylation is 1. The summed E-state index contributed by atoms with van der Waals surface area (Å²) in [5.41, 5.74) is 0.562. The second kappa shape index (κ2) is 8.22. The molecule has 132 valence electrons. The van der Waals surface area contributed by atoms with Gasteiger partial charge in [0.15, 0.2) is 11.6 Å². The molecule has 2 aliphatic rings. The van der Waals surface area contributed by atoms with Gasteiger partial charge in [-0.05, 0) is 42.2 Å². The molecule has 0 heterocycles. The average Bonchev–Trinajstić information content (AvgIpc) is 2.86. The molecule has 3 heteroatoms. The highest BCUT2D eigenvalue weighted by atomic mass is 19.2. The van der Waals surface area contributed by atoms with Gasteiger partial charge >= 0.3 is 0 Å². The van der Waals surface area contributed by atoms with Gasteiger partial charge in [0.1, 0.15) is 0 Å². The standard InChI is InChI=1S/C21H27F3/c22-14-13-18-11-12-19(21(24)20(18)23)17-8-4-7-16(9-10-17)15-5-2-1-3-6-15/h4,8,11-12,15-17H,1-3,5-7,9-10,13-14H2. The predicted octanol–water partition coefficient (Wildman–Crippen LogP) is 6.50. The van der Waals surface area contributed by atoms with Crippen molar-refractivity contribution in [1.29, 1.82) is 0 Å². The SMILES string of the molecule is FCCc1ccc(C2C=CCC(C3CCCCC3)CC2)c(F)c1F. The van der Waals surface area contributed by atoms with E-state index in [0.29, 0.717) is 11.5 Å². The average molecular weight is 336 g/mol. The van der Waals surface area contributed by atoms with Gasteiger partial charge in [0.25, 0.3) is 0 Å². The Morgan fingerprint density at radius 2 is 1.67 bits per heavy atom. The lowest BCUT2D eigenvalue weighted by Gasteiger charge is -2.29. The maximum atomic E-state index is 14.4. The number of allylic oxidation sites excluding steroid dienone is 2. The fourth-order valence-corrected chi connectivity index (χ4v) is 4.50. The van der Waals surface area contributed by atoms with Crippen LogP contribution in [0.3, 0.4) is 0 Å². The first kappa shape index (κ1) is 17.6. The van der Waals surface area contributed by atoms with Crippen LogP contribution in [-0.4, -0.2) is 6.67 Å². The maximum absolute atomic E-state index is 14.4. The molecule has 0 N–H and O–H groups in total. The Kier molecular flexibility index (Phi) is 6.02. The van der Waals surface area contributed by atoms with E-state index in [9.17, 15) is 13.2 Å². The summed E-state index contributed by atoms with van der Waals surface area (Å²) in [5.74, 6) is -0.230. The second-order valence-corrected chi connectivity index (χ2v) is 7.39. The summed E-state index contributed by atoms with van der Waals surface area (Å²) in [5, 5.41) is 0. The summed E-state index contributed by atoms with van der Waals surface area (Å²) in [4.78, 5) is 0. The molecule has 0 spiro atoms. The number of rotatable bonds is 4. The minimum Gasteiger partial charge on any atom is -0.251 e. The molecule has 1 fully saturated rings. The van der Waals surface area contributed by atoms with Gasteiger partial charge in [0.2, 0.25) is 0 Å². The molecular formula is C21H27F3. The summed E-state index contributed by atoms with van der Waals surface area (Å²) in [6.45, 7) is -0.665. The molecule has 1 saturated carbocycles. The molecule has 0 radical (unpaired) electrons. The lowest BCUT2D eigenvalue weighted by molar-refractivity contribution is 0.235. The molecule has 0 amide bonds. The predicted molar refractivity (Wildman–Crippen MR) is 91.8 cm³/mol. The maximum Gasteiger partial charge on any atom is 0.162 e. The van der Waals surface area contributed by atoms with E-state index in [1.807, 2.05) is 0 Å². The van der Waals surface area contributed by atoms with Gasteiger partial charge in [-0.25, -0.2) is 8.78 Å². The number of benzene rings is 1. The molecule has 2 atom stereocenters. The van der Waals surface area contributed by atoms with Crippen molar-refractivity contribution in [2.24, 2.45) is 11.8 Å². The molecule has 3 rings (SSSR count). The Hall–Kier alpha value is -1.25. The monoisotopic (exact) mass is 336 g/mol. The summed E-state index contributed by atoms with van der Waals surface area (Å²) in [6.07, 6.45) is 13.9. The Balaban J connectivity index is 1.71. The van der Waals surface area contributed by atoms with Gasteiger partial charge in [-0.1, -0.05) is 56.4 Å². The van der Waals surface area contributed by atoms with Crippen LogP contribution in [0.4, 0.5) is 13.2 Å². The molecule has 0 nitrogen and oxygen atoms in total. The summed E-state index contributed by atoms with van der Waals surface area (Å²) >= 11 is 0. The highest BCUT2D eigenvalue weighted by Crippen LogP contribution is 2.39. The van der Waals surface area contributed by atoms with Crippen LogP contribution < -0.4 is 0 Å². The first-order valence-electron chi connectivity index (χ1n) is 9.40. The normalized spacial score (nSPS) is 25.6. The zero-order valence-electron chi connectivity index (χ0n) is 14.2. The van der Waals surface area contributed by atoms with Crippen molar-refractivity contribution in [2.45, 2.75) is 63.7 Å². The molecule has 2 unspecified atom stereocenters. The van der Waals surface area contributed by atoms with Crippen molar-refractivity contribution in [3.05, 3.63) is 47.0 Å². The van der Waals surface area contributed by atoms with Crippen LogP contribution in [-0.2, 0) is 6.42 Å². The number of halogens is 3. The minimum atomic E-state index is -0.869. The highest BCUT2D eigenvalue weighted by molar-refractivity contribution is 5.32. The van der Waals surface area contributed by atoms with Crippen LogP contribution in [0, 0.1) is 23.5 Å². The lowest BCUT2D eigenvalue weighted by Crippen LogP contribution is -2.17. The molecule has 0 aliphatic heterocycles. The van der Waals surface area contributed by atoms with Gasteiger partial charge in [-0.3, -0.25) is 4.39 Å². The van der Waals surface area contributed by atoms with Crippen LogP contribution in [0.2, 0.25) is 0 Å². The third-order valence-corrected chi connectivity index (χ3v) is 5.93. The molecule has 0 aromatic heterocycles. The van der Waals surface area contributed by atoms with E-state index in [1.54, 1.807) is 12.1 Å². The number of alkyl halides is 1. The molecule has 0 saturated heterocycles. The first-order chi connectivity index (χ1) is 11.7. The summed E-state index contributed by atoms with van der Waals surface area (Å²) < 4.78 is 40.9. The van der Waals surface area contributed by atoms with Crippen LogP contribution in [0.1, 0.15) is 68.4 Å². The molecule has 24 heavy (non-hydrogen) atoms. The largest absolute Gasteiger partial charge is 0.251 e. The van der Waals surface area contributed by atoms with Crippen LogP contribution in [0.5, 0.6) is 0 Å². The third kappa shape index (κ3) is 3.87. The van der Waals surface area contributed by atoms with E-state index in [1.165, 1.54) is 32.1 Å². The molecular weight excluding hydrogens is 309 g/mol. The van der Waals surface area contributed by atoms with Crippen LogP contribution in [0.15, 0.2) is 24.3 Å². The fourth-order valence-electron chi connectivity index (χ4n) is 4.50. The van der Waals surface area contributed by atoms with Gasteiger partial charge in [0.05, 0.1) is 6.67 Å². The van der Waals surface area contributed by atoms with E-state index in [0.717, 1.165) is 25.2 Å². The zero-order chi connectivity index (χ0) is 16.9. The molecule has 1 aromatic carbocycles. The van der Waals surface area contributed by atoms with Crippen molar-refractivity contribution in [3.8, 4) is 0 Å². The number of hydrogen-bond donors (Lipinski definition) is 0. The Bertz CT molecular complexity index is 573. The second-order valence-electron chi connectivity index (χ2n) is 7.39. The minimum absolute atomic E-state index is 0.0622. The zero-order valence-corrected chi connectivity index (χ0v) is 14.2. The van der Waals surface area contributed by atoms with E-state index in [2.05, 4.69) is 12.2 Å². The van der Waals surface area contributed by atoms with Crippen molar-refractivity contribution >= 4 is 0 Å². The van der Waals surface area contributed by atoms with Gasteiger partial charge in [-0.2, -0.15) is 0 Å². The Morgan fingerprint density at radius 3 is 2.42 bits per heavy atom. The first-order valence-corrected chi connectivity index (χ1v) is 9.40. The molecule has 0 bridgehead atoms. The van der Waals surface area contributed by atoms with Gasteiger partial charge in [0, 0.05) is 12.3 Å². The van der Waals surface area contributed by atoms with Gasteiger partial charge in [-0.15, -0.1) is 0 Å². The van der Waals surface area contributed by atoms with E-state index in [4.69, 9.17) is 0 Å². The highest BCUT2D eigenvalue weighted by Gasteiger charge is 2.27. The smallest absolute Gasteiger partial charge is 0.162 e. The van der Waals surface area contributed by atoms with E-state index >= 15 is 0 Å². The summed E-state index contributed by atoms with van der Waals surface area (Å²) in [6, 6.07) is 3.20. The van der Waals surface area contributed by atoms with E-state index in [-0.39, 0.29) is 17.9 Å². The van der Waals surface area contributed by atoms with Crippen molar-refractivity contribution in [3.63, 3.8) is 0 Å². The fraction of sp³-hybridized carbons (Fsp3) is 0.619.